The van der Waals surface area contributed by atoms with Crippen molar-refractivity contribution in [2.24, 2.45) is 10.1 Å². The molecule has 0 aliphatic rings. The average Bonchev–Trinajstić information content (AvgIpc) is 3.27. The second kappa shape index (κ2) is 9.91. The van der Waals surface area contributed by atoms with E-state index in [1.165, 1.54) is 19.1 Å². The number of aromatic nitrogens is 2. The van der Waals surface area contributed by atoms with Gasteiger partial charge in [0.05, 0.1) is 16.6 Å². The van der Waals surface area contributed by atoms with Crippen LogP contribution in [0.4, 0.5) is 8.78 Å². The summed E-state index contributed by atoms with van der Waals surface area (Å²) in [6, 6.07) is 14.4. The molecule has 0 saturated heterocycles. The van der Waals surface area contributed by atoms with Crippen molar-refractivity contribution in [2.45, 2.75) is 17.9 Å². The number of para-hydroxylation sites is 2. The van der Waals surface area contributed by atoms with Crippen LogP contribution in [0.15, 0.2) is 76.0 Å². The molecule has 0 spiro atoms. The SMILES string of the molecule is CC(O)/C(N)=N/S(=O)(=O)c1cccc(C(=O)/C(=C(\O)c2cccc(F)c2)c2nc3ccccc3[nH]2)c1F. The van der Waals surface area contributed by atoms with Crippen LogP contribution in [0.5, 0.6) is 0 Å². The van der Waals surface area contributed by atoms with E-state index >= 15 is 4.39 Å². The van der Waals surface area contributed by atoms with Crippen LogP contribution in [0.2, 0.25) is 0 Å². The minimum atomic E-state index is -4.76. The van der Waals surface area contributed by atoms with Crippen LogP contribution in [-0.4, -0.2) is 46.3 Å². The van der Waals surface area contributed by atoms with E-state index in [4.69, 9.17) is 5.73 Å². The quantitative estimate of drug-likeness (QED) is 0.0942. The lowest BCUT2D eigenvalue weighted by Gasteiger charge is -2.11. The molecule has 5 N–H and O–H groups in total. The predicted octanol–water partition coefficient (Wildman–Crippen LogP) is 3.58. The highest BCUT2D eigenvalue weighted by Gasteiger charge is 2.29. The standard InChI is InChI=1S/C25H20F2N4O5S/c1-13(32)24(28)31-37(35,36)19-11-5-8-16(21(19)27)23(34)20(22(33)14-6-4-7-15(26)12-14)25-29-17-9-2-3-10-18(17)30-25/h2-13,32-33H,1H3,(H2,28,31)(H,29,30)/b22-20+. The number of Topliss-reactive ketones (excluding diaryl/α,β-unsaturated/α-hetero) is 1. The van der Waals surface area contributed by atoms with Gasteiger partial charge in [0.2, 0.25) is 5.78 Å². The third-order valence-corrected chi connectivity index (χ3v) is 6.65. The summed E-state index contributed by atoms with van der Waals surface area (Å²) in [5, 5.41) is 20.5. The number of sulfonamides is 1. The average molecular weight is 527 g/mol. The van der Waals surface area contributed by atoms with E-state index < -0.39 is 61.2 Å². The topological polar surface area (TPSA) is 159 Å². The van der Waals surface area contributed by atoms with Gasteiger partial charge in [-0.05, 0) is 43.3 Å². The zero-order valence-electron chi connectivity index (χ0n) is 19.2. The van der Waals surface area contributed by atoms with E-state index in [2.05, 4.69) is 14.4 Å². The second-order valence-electron chi connectivity index (χ2n) is 7.95. The van der Waals surface area contributed by atoms with Crippen molar-refractivity contribution in [3.63, 3.8) is 0 Å². The van der Waals surface area contributed by atoms with E-state index in [1.54, 1.807) is 24.3 Å². The van der Waals surface area contributed by atoms with Crippen LogP contribution < -0.4 is 5.73 Å². The molecule has 4 rings (SSSR count). The van der Waals surface area contributed by atoms with E-state index in [0.29, 0.717) is 11.0 Å². The monoisotopic (exact) mass is 526 g/mol. The first-order valence-electron chi connectivity index (χ1n) is 10.8. The van der Waals surface area contributed by atoms with Crippen molar-refractivity contribution in [3.05, 3.63) is 95.3 Å². The van der Waals surface area contributed by atoms with Gasteiger partial charge in [-0.2, -0.15) is 8.42 Å². The summed E-state index contributed by atoms with van der Waals surface area (Å²) in [6.45, 7) is 1.17. The molecule has 1 heterocycles. The number of fused-ring (bicyclic) bond motifs is 1. The summed E-state index contributed by atoms with van der Waals surface area (Å²) in [4.78, 5) is 19.8. The van der Waals surface area contributed by atoms with Gasteiger partial charge in [0, 0.05) is 5.56 Å². The van der Waals surface area contributed by atoms with Crippen molar-refractivity contribution >= 4 is 44.0 Å². The highest BCUT2D eigenvalue weighted by molar-refractivity contribution is 7.90. The molecule has 0 aliphatic carbocycles. The Morgan fingerprint density at radius 3 is 2.46 bits per heavy atom. The molecule has 0 fully saturated rings. The number of imidazole rings is 1. The Morgan fingerprint density at radius 1 is 1.08 bits per heavy atom. The number of hydrogen-bond donors (Lipinski definition) is 4. The van der Waals surface area contributed by atoms with Gasteiger partial charge in [0.25, 0.3) is 10.0 Å². The number of aliphatic hydroxyl groups excluding tert-OH is 2. The molecule has 9 nitrogen and oxygen atoms in total. The third-order valence-electron chi connectivity index (χ3n) is 5.33. The molecule has 0 radical (unpaired) electrons. The van der Waals surface area contributed by atoms with Crippen molar-refractivity contribution < 1.29 is 32.2 Å². The van der Waals surface area contributed by atoms with Crippen molar-refractivity contribution in [1.82, 2.24) is 9.97 Å². The van der Waals surface area contributed by atoms with Crippen LogP contribution in [0.1, 0.15) is 28.7 Å². The van der Waals surface area contributed by atoms with E-state index in [9.17, 15) is 27.8 Å². The lowest BCUT2D eigenvalue weighted by Crippen LogP contribution is -2.27. The summed E-state index contributed by atoms with van der Waals surface area (Å²) in [7, 11) is -4.76. The zero-order valence-corrected chi connectivity index (χ0v) is 20.0. The number of nitrogens with zero attached hydrogens (tertiary/aromatic N) is 2. The number of carbonyl (C=O) groups is 1. The maximum atomic E-state index is 15.5. The summed E-state index contributed by atoms with van der Waals surface area (Å²) in [5.74, 6) is -4.85. The fraction of sp³-hybridized carbons (Fsp3) is 0.0800. The maximum Gasteiger partial charge on any atom is 0.286 e. The lowest BCUT2D eigenvalue weighted by molar-refractivity contribution is 0.105. The fourth-order valence-corrected chi connectivity index (χ4v) is 4.58. The molecule has 0 amide bonds. The molecule has 37 heavy (non-hydrogen) atoms. The van der Waals surface area contributed by atoms with Crippen LogP contribution in [0.25, 0.3) is 22.4 Å². The maximum absolute atomic E-state index is 15.5. The molecule has 3 aromatic carbocycles. The summed E-state index contributed by atoms with van der Waals surface area (Å²) in [6.07, 6.45) is -1.42. The number of carbonyl (C=O) groups excluding carboxylic acids is 1. The molecular weight excluding hydrogens is 506 g/mol. The molecular formula is C25H20F2N4O5S. The Morgan fingerprint density at radius 2 is 1.78 bits per heavy atom. The predicted molar refractivity (Wildman–Crippen MR) is 133 cm³/mol. The van der Waals surface area contributed by atoms with Gasteiger partial charge in [-0.25, -0.2) is 13.8 Å². The van der Waals surface area contributed by atoms with Gasteiger partial charge in [-0.15, -0.1) is 4.40 Å². The minimum Gasteiger partial charge on any atom is -0.506 e. The van der Waals surface area contributed by atoms with Crippen molar-refractivity contribution in [3.8, 4) is 0 Å². The molecule has 1 unspecified atom stereocenters. The Bertz CT molecular complexity index is 1660. The Hall–Kier alpha value is -4.42. The number of allylic oxidation sites excluding steroid dienone is 1. The number of hydrogen-bond acceptors (Lipinski definition) is 6. The first kappa shape index (κ1) is 25.7. The smallest absolute Gasteiger partial charge is 0.286 e. The molecule has 1 aromatic heterocycles. The largest absolute Gasteiger partial charge is 0.506 e. The Labute approximate surface area is 209 Å². The highest BCUT2D eigenvalue weighted by atomic mass is 32.2. The summed E-state index contributed by atoms with van der Waals surface area (Å²) < 4.78 is 57.9. The molecule has 4 aromatic rings. The van der Waals surface area contributed by atoms with Crippen LogP contribution in [-0.2, 0) is 10.0 Å². The number of amidine groups is 1. The fourth-order valence-electron chi connectivity index (χ4n) is 3.46. The number of nitrogens with two attached hydrogens (primary N) is 1. The third kappa shape index (κ3) is 5.10. The number of ketones is 1. The molecule has 190 valence electrons. The van der Waals surface area contributed by atoms with Crippen LogP contribution >= 0.6 is 0 Å². The first-order chi connectivity index (χ1) is 17.5. The lowest BCUT2D eigenvalue weighted by atomic mass is 9.98. The normalized spacial score (nSPS) is 13.9. The number of rotatable bonds is 7. The molecule has 1 atom stereocenters. The van der Waals surface area contributed by atoms with Gasteiger partial charge >= 0.3 is 0 Å². The van der Waals surface area contributed by atoms with Gasteiger partial charge < -0.3 is 20.9 Å². The number of H-pyrrole nitrogens is 1. The van der Waals surface area contributed by atoms with Crippen molar-refractivity contribution in [2.75, 3.05) is 0 Å². The van der Waals surface area contributed by atoms with Gasteiger partial charge in [-0.1, -0.05) is 30.3 Å². The number of benzene rings is 3. The van der Waals surface area contributed by atoms with E-state index in [0.717, 1.165) is 30.3 Å². The minimum absolute atomic E-state index is 0.0951. The summed E-state index contributed by atoms with van der Waals surface area (Å²) in [5.41, 5.74) is 4.98. The van der Waals surface area contributed by atoms with Crippen LogP contribution in [0.3, 0.4) is 0 Å². The highest BCUT2D eigenvalue weighted by Crippen LogP contribution is 2.31. The van der Waals surface area contributed by atoms with Gasteiger partial charge in [0.15, 0.2) is 5.82 Å². The first-order valence-corrected chi connectivity index (χ1v) is 12.2. The number of nitrogens with one attached hydrogen (secondary N) is 1. The number of aromatic amines is 1. The Kier molecular flexibility index (Phi) is 6.88. The van der Waals surface area contributed by atoms with Gasteiger partial charge in [0.1, 0.15) is 39.8 Å². The molecule has 0 bridgehead atoms. The van der Waals surface area contributed by atoms with E-state index in [1.807, 2.05) is 0 Å². The molecule has 12 heteroatoms. The zero-order chi connectivity index (χ0) is 26.9. The van der Waals surface area contributed by atoms with Gasteiger partial charge in [-0.3, -0.25) is 4.79 Å². The summed E-state index contributed by atoms with van der Waals surface area (Å²) >= 11 is 0. The molecule has 0 aliphatic heterocycles. The molecule has 0 saturated carbocycles. The second-order valence-corrected chi connectivity index (χ2v) is 9.52. The number of halogens is 2. The van der Waals surface area contributed by atoms with E-state index in [-0.39, 0.29) is 11.4 Å². The van der Waals surface area contributed by atoms with Crippen molar-refractivity contribution in [1.29, 1.82) is 0 Å². The Balaban J connectivity index is 1.93. The number of aliphatic hydroxyl groups is 2. The van der Waals surface area contributed by atoms with Crippen LogP contribution in [0, 0.1) is 11.6 Å².